The molecule has 20 heavy (non-hydrogen) atoms. The molecule has 6 heteroatoms. The molecule has 0 bridgehead atoms. The normalized spacial score (nSPS) is 17.8. The van der Waals surface area contributed by atoms with Crippen LogP contribution in [0.3, 0.4) is 0 Å². The highest BCUT2D eigenvalue weighted by molar-refractivity contribution is 5.48. The van der Waals surface area contributed by atoms with E-state index in [9.17, 15) is 5.11 Å². The number of anilines is 2. The molecule has 1 aromatic rings. The van der Waals surface area contributed by atoms with Crippen molar-refractivity contribution in [2.75, 3.05) is 43.6 Å². The maximum atomic E-state index is 10.5. The van der Waals surface area contributed by atoms with E-state index in [1.165, 1.54) is 0 Å². The van der Waals surface area contributed by atoms with E-state index in [2.05, 4.69) is 22.2 Å². The monoisotopic (exact) mass is 280 g/mol. The topological polar surface area (TPSA) is 70.5 Å². The first kappa shape index (κ1) is 15.0. The van der Waals surface area contributed by atoms with Gasteiger partial charge in [0.05, 0.1) is 5.60 Å². The van der Waals surface area contributed by atoms with E-state index >= 15 is 0 Å². The maximum absolute atomic E-state index is 10.5. The predicted molar refractivity (Wildman–Crippen MR) is 79.1 cm³/mol. The average molecular weight is 280 g/mol. The largest absolute Gasteiger partial charge is 0.388 e. The molecule has 1 aliphatic heterocycles. The van der Waals surface area contributed by atoms with Crippen LogP contribution in [-0.4, -0.2) is 54.0 Å². The van der Waals surface area contributed by atoms with Crippen LogP contribution in [0.4, 0.5) is 11.6 Å². The Hall–Kier alpha value is -1.40. The van der Waals surface area contributed by atoms with Crippen molar-refractivity contribution in [2.24, 2.45) is 0 Å². The lowest BCUT2D eigenvalue weighted by atomic mass is 9.94. The minimum absolute atomic E-state index is 0.556. The highest BCUT2D eigenvalue weighted by atomic mass is 16.5. The molecule has 0 amide bonds. The number of ether oxygens (including phenoxy) is 1. The van der Waals surface area contributed by atoms with E-state index in [0.29, 0.717) is 32.6 Å². The predicted octanol–water partition coefficient (Wildman–Crippen LogP) is 1.28. The van der Waals surface area contributed by atoms with E-state index in [1.54, 1.807) is 6.33 Å². The van der Waals surface area contributed by atoms with Crippen molar-refractivity contribution in [1.29, 1.82) is 0 Å². The van der Waals surface area contributed by atoms with Crippen LogP contribution in [0.15, 0.2) is 12.4 Å². The van der Waals surface area contributed by atoms with Crippen molar-refractivity contribution < 1.29 is 9.84 Å². The molecule has 0 radical (unpaired) electrons. The van der Waals surface area contributed by atoms with Gasteiger partial charge in [-0.05, 0) is 6.42 Å². The first-order valence-corrected chi connectivity index (χ1v) is 7.20. The quantitative estimate of drug-likeness (QED) is 0.818. The van der Waals surface area contributed by atoms with Crippen LogP contribution in [0.1, 0.15) is 26.2 Å². The van der Waals surface area contributed by atoms with E-state index in [4.69, 9.17) is 4.74 Å². The number of aliphatic hydroxyl groups is 1. The standard InChI is InChI=1S/C14H24N4O2/c1-3-6-15-12-9-13(17-11-16-12)18(2)10-14(19)4-7-20-8-5-14/h9,11,19H,3-8,10H2,1-2H3,(H,15,16,17). The van der Waals surface area contributed by atoms with Gasteiger partial charge in [0.25, 0.3) is 0 Å². The SMILES string of the molecule is CCCNc1cc(N(C)CC2(O)CCOCC2)ncn1. The zero-order valence-electron chi connectivity index (χ0n) is 12.3. The maximum Gasteiger partial charge on any atom is 0.133 e. The first-order chi connectivity index (χ1) is 9.63. The fraction of sp³-hybridized carbons (Fsp3) is 0.714. The van der Waals surface area contributed by atoms with Crippen LogP contribution < -0.4 is 10.2 Å². The summed E-state index contributed by atoms with van der Waals surface area (Å²) < 4.78 is 5.30. The minimum atomic E-state index is -0.686. The zero-order valence-corrected chi connectivity index (χ0v) is 12.3. The van der Waals surface area contributed by atoms with Crippen molar-refractivity contribution >= 4 is 11.6 Å². The number of nitrogens with one attached hydrogen (secondary N) is 1. The fourth-order valence-corrected chi connectivity index (χ4v) is 2.34. The fourth-order valence-electron chi connectivity index (χ4n) is 2.34. The molecule has 2 rings (SSSR count). The number of rotatable bonds is 6. The van der Waals surface area contributed by atoms with Crippen LogP contribution in [-0.2, 0) is 4.74 Å². The van der Waals surface area contributed by atoms with Crippen LogP contribution in [0.2, 0.25) is 0 Å². The molecule has 1 fully saturated rings. The molecule has 2 N–H and O–H groups in total. The van der Waals surface area contributed by atoms with Gasteiger partial charge >= 0.3 is 0 Å². The lowest BCUT2D eigenvalue weighted by Gasteiger charge is -2.35. The molecular weight excluding hydrogens is 256 g/mol. The third-order valence-electron chi connectivity index (χ3n) is 3.55. The smallest absolute Gasteiger partial charge is 0.133 e. The summed E-state index contributed by atoms with van der Waals surface area (Å²) in [6.45, 7) is 4.80. The van der Waals surface area contributed by atoms with Crippen molar-refractivity contribution in [1.82, 2.24) is 9.97 Å². The summed E-state index contributed by atoms with van der Waals surface area (Å²) in [7, 11) is 1.94. The molecule has 1 aliphatic rings. The number of likely N-dealkylation sites (N-methyl/N-ethyl adjacent to an activating group) is 1. The van der Waals surface area contributed by atoms with Crippen LogP contribution in [0, 0.1) is 0 Å². The molecule has 0 saturated carbocycles. The summed E-state index contributed by atoms with van der Waals surface area (Å²) in [5.74, 6) is 1.64. The minimum Gasteiger partial charge on any atom is -0.388 e. The van der Waals surface area contributed by atoms with Gasteiger partial charge < -0.3 is 20.1 Å². The molecule has 0 aliphatic carbocycles. The molecule has 0 unspecified atom stereocenters. The van der Waals surface area contributed by atoms with Gasteiger partial charge in [0.1, 0.15) is 18.0 Å². The van der Waals surface area contributed by atoms with Gasteiger partial charge in [0, 0.05) is 52.3 Å². The molecule has 0 aromatic carbocycles. The molecule has 1 saturated heterocycles. The van der Waals surface area contributed by atoms with Gasteiger partial charge in [-0.1, -0.05) is 6.92 Å². The highest BCUT2D eigenvalue weighted by Gasteiger charge is 2.31. The van der Waals surface area contributed by atoms with Crippen LogP contribution in [0.25, 0.3) is 0 Å². The van der Waals surface area contributed by atoms with Gasteiger partial charge in [-0.25, -0.2) is 9.97 Å². The van der Waals surface area contributed by atoms with Gasteiger partial charge in [0.15, 0.2) is 0 Å². The van der Waals surface area contributed by atoms with Crippen molar-refractivity contribution in [2.45, 2.75) is 31.8 Å². The summed E-state index contributed by atoms with van der Waals surface area (Å²) in [5.41, 5.74) is -0.686. The summed E-state index contributed by atoms with van der Waals surface area (Å²) in [4.78, 5) is 10.4. The first-order valence-electron chi connectivity index (χ1n) is 7.20. The average Bonchev–Trinajstić information content (AvgIpc) is 2.45. The Kier molecular flexibility index (Phi) is 5.14. The molecule has 2 heterocycles. The van der Waals surface area contributed by atoms with Crippen molar-refractivity contribution in [3.05, 3.63) is 12.4 Å². The van der Waals surface area contributed by atoms with Gasteiger partial charge in [-0.3, -0.25) is 0 Å². The number of hydrogen-bond acceptors (Lipinski definition) is 6. The Bertz CT molecular complexity index is 421. The molecule has 112 valence electrons. The third-order valence-corrected chi connectivity index (χ3v) is 3.55. The van der Waals surface area contributed by atoms with Crippen molar-refractivity contribution in [3.63, 3.8) is 0 Å². The molecule has 1 aromatic heterocycles. The summed E-state index contributed by atoms with van der Waals surface area (Å²) in [6.07, 6.45) is 3.94. The van der Waals surface area contributed by atoms with Gasteiger partial charge in [0.2, 0.25) is 0 Å². The Labute approximate surface area is 120 Å². The number of aromatic nitrogens is 2. The van der Waals surface area contributed by atoms with E-state index in [1.807, 2.05) is 18.0 Å². The molecule has 0 spiro atoms. The lowest BCUT2D eigenvalue weighted by Crippen LogP contribution is -2.46. The van der Waals surface area contributed by atoms with E-state index in [-0.39, 0.29) is 0 Å². The highest BCUT2D eigenvalue weighted by Crippen LogP contribution is 2.23. The zero-order chi connectivity index (χ0) is 14.4. The van der Waals surface area contributed by atoms with E-state index < -0.39 is 5.60 Å². The Balaban J connectivity index is 1.99. The van der Waals surface area contributed by atoms with E-state index in [0.717, 1.165) is 24.6 Å². The second-order valence-corrected chi connectivity index (χ2v) is 5.38. The molecular formula is C14H24N4O2. The Morgan fingerprint density at radius 1 is 1.40 bits per heavy atom. The summed E-state index contributed by atoms with van der Waals surface area (Å²) in [6, 6.07) is 1.92. The molecule has 6 nitrogen and oxygen atoms in total. The third kappa shape index (κ3) is 4.05. The Morgan fingerprint density at radius 3 is 2.85 bits per heavy atom. The second kappa shape index (κ2) is 6.85. The summed E-state index contributed by atoms with van der Waals surface area (Å²) >= 11 is 0. The molecule has 0 atom stereocenters. The van der Waals surface area contributed by atoms with Crippen LogP contribution in [0.5, 0.6) is 0 Å². The second-order valence-electron chi connectivity index (χ2n) is 5.38. The van der Waals surface area contributed by atoms with Crippen molar-refractivity contribution in [3.8, 4) is 0 Å². The number of hydrogen-bond donors (Lipinski definition) is 2. The lowest BCUT2D eigenvalue weighted by molar-refractivity contribution is -0.0573. The van der Waals surface area contributed by atoms with Crippen LogP contribution >= 0.6 is 0 Å². The Morgan fingerprint density at radius 2 is 2.15 bits per heavy atom. The van der Waals surface area contributed by atoms with Gasteiger partial charge in [-0.15, -0.1) is 0 Å². The van der Waals surface area contributed by atoms with Gasteiger partial charge in [-0.2, -0.15) is 0 Å². The summed E-state index contributed by atoms with van der Waals surface area (Å²) in [5, 5.41) is 13.8. The number of nitrogens with zero attached hydrogens (tertiary/aromatic N) is 3.